The Labute approximate surface area is 137 Å². The number of aromatic nitrogens is 2. The summed E-state index contributed by atoms with van der Waals surface area (Å²) in [4.78, 5) is 12.1. The summed E-state index contributed by atoms with van der Waals surface area (Å²) in [6, 6.07) is 4.63. The normalized spacial score (nSPS) is 11.8. The van der Waals surface area contributed by atoms with Crippen LogP contribution in [-0.2, 0) is 6.42 Å². The van der Waals surface area contributed by atoms with E-state index in [9.17, 15) is 31.1 Å². The summed E-state index contributed by atoms with van der Waals surface area (Å²) in [6.07, 6.45) is -11.4. The van der Waals surface area contributed by atoms with E-state index in [2.05, 4.69) is 20.3 Å². The minimum atomic E-state index is -4.77. The van der Waals surface area contributed by atoms with Crippen LogP contribution in [0.1, 0.15) is 16.1 Å². The van der Waals surface area contributed by atoms with Gasteiger partial charge in [0.15, 0.2) is 0 Å². The summed E-state index contributed by atoms with van der Waals surface area (Å²) >= 11 is 0. The summed E-state index contributed by atoms with van der Waals surface area (Å²) in [7, 11) is 0. The number of hydrogen-bond donors (Lipinski definition) is 2. The van der Waals surface area contributed by atoms with Crippen molar-refractivity contribution < 1.29 is 35.9 Å². The van der Waals surface area contributed by atoms with Crippen LogP contribution in [0.3, 0.4) is 0 Å². The second-order valence-corrected chi connectivity index (χ2v) is 4.76. The number of carbonyl (C=O) groups is 1. The number of para-hydroxylation sites is 2. The van der Waals surface area contributed by atoms with Crippen LogP contribution in [0, 0.1) is 0 Å². The maximum absolute atomic E-state index is 13.0. The average Bonchev–Trinajstić information content (AvgIpc) is 2.96. The van der Waals surface area contributed by atoms with E-state index < -0.39 is 37.0 Å². The molecule has 1 aromatic carbocycles. The van der Waals surface area contributed by atoms with E-state index >= 15 is 0 Å². The molecule has 0 bridgehead atoms. The van der Waals surface area contributed by atoms with Crippen LogP contribution in [0.4, 0.5) is 32.0 Å². The van der Waals surface area contributed by atoms with Gasteiger partial charge in [-0.15, -0.1) is 0 Å². The molecule has 2 aromatic rings. The Balaban J connectivity index is 2.21. The van der Waals surface area contributed by atoms with Crippen molar-refractivity contribution in [3.63, 3.8) is 0 Å². The van der Waals surface area contributed by atoms with Crippen LogP contribution < -0.4 is 10.1 Å². The predicted molar refractivity (Wildman–Crippen MR) is 74.3 cm³/mol. The first-order chi connectivity index (χ1) is 11.7. The number of amides is 1. The molecular formula is C14H11F6N3O2. The molecule has 1 heterocycles. The standard InChI is InChI=1S/C14H11F6N3O2/c15-11(16)5-9-7(6-21-23-9)12(24)22-8-3-1-2-4-10(8)25-14(19,20)13(17)18/h1-4,6,11,13H,5H2,(H,21,23)(H,22,24). The Hall–Kier alpha value is -2.72. The Morgan fingerprint density at radius 2 is 1.92 bits per heavy atom. The fourth-order valence-electron chi connectivity index (χ4n) is 1.86. The number of carbonyl (C=O) groups excluding carboxylic acids is 1. The van der Waals surface area contributed by atoms with E-state index in [-0.39, 0.29) is 16.9 Å². The van der Waals surface area contributed by atoms with E-state index in [1.807, 2.05) is 0 Å². The van der Waals surface area contributed by atoms with Crippen molar-refractivity contribution in [3.05, 3.63) is 41.7 Å². The Kier molecular flexibility index (Phi) is 5.55. The number of anilines is 1. The molecule has 1 aromatic heterocycles. The molecule has 0 saturated carbocycles. The molecule has 25 heavy (non-hydrogen) atoms. The van der Waals surface area contributed by atoms with Gasteiger partial charge in [-0.3, -0.25) is 9.89 Å². The average molecular weight is 367 g/mol. The van der Waals surface area contributed by atoms with Crippen LogP contribution in [0.25, 0.3) is 0 Å². The molecule has 0 fully saturated rings. The van der Waals surface area contributed by atoms with Crippen LogP contribution in [0.2, 0.25) is 0 Å². The number of hydrogen-bond acceptors (Lipinski definition) is 3. The monoisotopic (exact) mass is 367 g/mol. The maximum atomic E-state index is 13.0. The number of benzene rings is 1. The van der Waals surface area contributed by atoms with E-state index in [4.69, 9.17) is 0 Å². The van der Waals surface area contributed by atoms with Gasteiger partial charge < -0.3 is 10.1 Å². The van der Waals surface area contributed by atoms with E-state index in [1.165, 1.54) is 12.1 Å². The number of nitrogens with one attached hydrogen (secondary N) is 2. The molecule has 0 aliphatic rings. The lowest BCUT2D eigenvalue weighted by Gasteiger charge is -2.19. The molecule has 0 aliphatic carbocycles. The highest BCUT2D eigenvalue weighted by atomic mass is 19.3. The SMILES string of the molecule is O=C(Nc1ccccc1OC(F)(F)C(F)F)c1c[nH]nc1CC(F)F. The number of H-pyrrole nitrogens is 1. The zero-order valence-electron chi connectivity index (χ0n) is 12.3. The summed E-state index contributed by atoms with van der Waals surface area (Å²) in [5.74, 6) is -1.65. The molecule has 0 spiro atoms. The van der Waals surface area contributed by atoms with Crippen LogP contribution in [0.5, 0.6) is 5.75 Å². The third kappa shape index (κ3) is 4.64. The number of rotatable bonds is 7. The van der Waals surface area contributed by atoms with Crippen molar-refractivity contribution in [3.8, 4) is 5.75 Å². The first-order valence-electron chi connectivity index (χ1n) is 6.77. The fraction of sp³-hybridized carbons (Fsp3) is 0.286. The van der Waals surface area contributed by atoms with Gasteiger partial charge in [0.1, 0.15) is 5.75 Å². The number of ether oxygens (including phenoxy) is 1. The quantitative estimate of drug-likeness (QED) is 0.734. The van der Waals surface area contributed by atoms with Gasteiger partial charge in [-0.1, -0.05) is 12.1 Å². The van der Waals surface area contributed by atoms with Crippen LogP contribution >= 0.6 is 0 Å². The van der Waals surface area contributed by atoms with Crippen molar-refractivity contribution in [2.24, 2.45) is 0 Å². The number of halogens is 6. The molecular weight excluding hydrogens is 356 g/mol. The summed E-state index contributed by atoms with van der Waals surface area (Å²) in [5, 5.41) is 7.89. The molecule has 0 unspecified atom stereocenters. The van der Waals surface area contributed by atoms with Gasteiger partial charge in [-0.25, -0.2) is 8.78 Å². The highest BCUT2D eigenvalue weighted by molar-refractivity contribution is 6.05. The van der Waals surface area contributed by atoms with Gasteiger partial charge in [0.2, 0.25) is 6.43 Å². The molecule has 1 amide bonds. The summed E-state index contributed by atoms with van der Waals surface area (Å²) < 4.78 is 79.4. The Morgan fingerprint density at radius 1 is 1.24 bits per heavy atom. The number of aromatic amines is 1. The smallest absolute Gasteiger partial charge is 0.426 e. The van der Waals surface area contributed by atoms with Gasteiger partial charge in [0.25, 0.3) is 5.91 Å². The minimum Gasteiger partial charge on any atom is -0.426 e. The van der Waals surface area contributed by atoms with E-state index in [1.54, 1.807) is 0 Å². The van der Waals surface area contributed by atoms with Crippen molar-refractivity contribution in [2.45, 2.75) is 25.4 Å². The van der Waals surface area contributed by atoms with Crippen LogP contribution in [0.15, 0.2) is 30.5 Å². The second kappa shape index (κ2) is 7.45. The van der Waals surface area contributed by atoms with Gasteiger partial charge >= 0.3 is 12.5 Å². The molecule has 0 atom stereocenters. The molecule has 0 saturated heterocycles. The third-order valence-corrected chi connectivity index (χ3v) is 2.95. The Morgan fingerprint density at radius 3 is 2.56 bits per heavy atom. The topological polar surface area (TPSA) is 67.0 Å². The summed E-state index contributed by atoms with van der Waals surface area (Å²) in [5.41, 5.74) is -0.809. The predicted octanol–water partition coefficient (Wildman–Crippen LogP) is 3.71. The highest BCUT2D eigenvalue weighted by Gasteiger charge is 2.44. The maximum Gasteiger partial charge on any atom is 0.461 e. The van der Waals surface area contributed by atoms with Crippen molar-refractivity contribution in [2.75, 3.05) is 5.32 Å². The molecule has 5 nitrogen and oxygen atoms in total. The van der Waals surface area contributed by atoms with Crippen molar-refractivity contribution in [1.82, 2.24) is 10.2 Å². The molecule has 2 rings (SSSR count). The lowest BCUT2D eigenvalue weighted by molar-refractivity contribution is -0.252. The van der Waals surface area contributed by atoms with Gasteiger partial charge in [0.05, 0.1) is 23.4 Å². The number of alkyl halides is 6. The van der Waals surface area contributed by atoms with Crippen LogP contribution in [-0.4, -0.2) is 35.1 Å². The zero-order chi connectivity index (χ0) is 18.6. The molecule has 2 N–H and O–H groups in total. The molecule has 136 valence electrons. The van der Waals surface area contributed by atoms with Gasteiger partial charge in [-0.05, 0) is 12.1 Å². The third-order valence-electron chi connectivity index (χ3n) is 2.95. The first kappa shape index (κ1) is 18.6. The van der Waals surface area contributed by atoms with E-state index in [0.717, 1.165) is 18.3 Å². The molecule has 11 heteroatoms. The highest BCUT2D eigenvalue weighted by Crippen LogP contribution is 2.32. The van der Waals surface area contributed by atoms with Crippen molar-refractivity contribution >= 4 is 11.6 Å². The number of nitrogens with zero attached hydrogens (tertiary/aromatic N) is 1. The Bertz CT molecular complexity index is 735. The second-order valence-electron chi connectivity index (χ2n) is 4.76. The lowest BCUT2D eigenvalue weighted by atomic mass is 10.2. The zero-order valence-corrected chi connectivity index (χ0v) is 12.3. The fourth-order valence-corrected chi connectivity index (χ4v) is 1.86. The minimum absolute atomic E-state index is 0.233. The molecule has 0 aliphatic heterocycles. The summed E-state index contributed by atoms with van der Waals surface area (Å²) in [6.45, 7) is 0. The van der Waals surface area contributed by atoms with Crippen molar-refractivity contribution in [1.29, 1.82) is 0 Å². The van der Waals surface area contributed by atoms with Gasteiger partial charge in [-0.2, -0.15) is 22.7 Å². The lowest BCUT2D eigenvalue weighted by Crippen LogP contribution is -2.33. The first-order valence-corrected chi connectivity index (χ1v) is 6.77. The molecule has 0 radical (unpaired) electrons. The van der Waals surface area contributed by atoms with E-state index in [0.29, 0.717) is 0 Å². The largest absolute Gasteiger partial charge is 0.461 e. The van der Waals surface area contributed by atoms with Gasteiger partial charge in [0, 0.05) is 6.20 Å².